The number of aryl methyl sites for hydroxylation is 2. The van der Waals surface area contributed by atoms with Crippen LogP contribution in [0.1, 0.15) is 48.4 Å². The van der Waals surface area contributed by atoms with Crippen LogP contribution in [0.5, 0.6) is 0 Å². The highest BCUT2D eigenvalue weighted by atomic mass is 35.5. The van der Waals surface area contributed by atoms with E-state index in [1.54, 1.807) is 54.1 Å². The molecule has 0 bridgehead atoms. The smallest absolute Gasteiger partial charge is 0.273 e. The van der Waals surface area contributed by atoms with Gasteiger partial charge in [0, 0.05) is 12.2 Å². The van der Waals surface area contributed by atoms with Crippen LogP contribution in [0.15, 0.2) is 53.4 Å². The van der Waals surface area contributed by atoms with Crippen LogP contribution in [-0.2, 0) is 16.6 Å². The molecular formula is C22H25ClN4O3S. The van der Waals surface area contributed by atoms with E-state index in [1.807, 2.05) is 20.8 Å². The van der Waals surface area contributed by atoms with Gasteiger partial charge in [0.1, 0.15) is 5.69 Å². The average molecular weight is 461 g/mol. The summed E-state index contributed by atoms with van der Waals surface area (Å²) in [7, 11) is -3.91. The number of amides is 1. The van der Waals surface area contributed by atoms with E-state index in [0.29, 0.717) is 28.5 Å². The first kappa shape index (κ1) is 22.8. The van der Waals surface area contributed by atoms with Crippen molar-refractivity contribution in [2.75, 3.05) is 10.0 Å². The highest BCUT2D eigenvalue weighted by molar-refractivity contribution is 7.92. The van der Waals surface area contributed by atoms with E-state index < -0.39 is 10.0 Å². The van der Waals surface area contributed by atoms with Gasteiger partial charge in [0.05, 0.1) is 21.3 Å². The Kier molecular flexibility index (Phi) is 6.71. The number of benzene rings is 2. The summed E-state index contributed by atoms with van der Waals surface area (Å²) < 4.78 is 30.1. The lowest BCUT2D eigenvalue weighted by atomic mass is 10.1. The number of hydrogen-bond donors (Lipinski definition) is 2. The van der Waals surface area contributed by atoms with E-state index in [0.717, 1.165) is 5.69 Å². The Morgan fingerprint density at radius 2 is 1.87 bits per heavy atom. The van der Waals surface area contributed by atoms with Crippen molar-refractivity contribution < 1.29 is 13.2 Å². The number of nitrogens with one attached hydrogen (secondary N) is 2. The van der Waals surface area contributed by atoms with Gasteiger partial charge in [-0.15, -0.1) is 0 Å². The zero-order valence-electron chi connectivity index (χ0n) is 17.8. The minimum Gasteiger partial charge on any atom is -0.321 e. The fraction of sp³-hybridized carbons (Fsp3) is 0.273. The topological polar surface area (TPSA) is 93.1 Å². The predicted molar refractivity (Wildman–Crippen MR) is 123 cm³/mol. The van der Waals surface area contributed by atoms with Crippen LogP contribution in [0.25, 0.3) is 0 Å². The van der Waals surface area contributed by atoms with Crippen molar-refractivity contribution >= 4 is 38.9 Å². The third kappa shape index (κ3) is 5.08. The minimum atomic E-state index is -3.91. The summed E-state index contributed by atoms with van der Waals surface area (Å²) in [6.45, 7) is 8.16. The van der Waals surface area contributed by atoms with Crippen LogP contribution >= 0.6 is 11.6 Å². The van der Waals surface area contributed by atoms with E-state index in [4.69, 9.17) is 11.6 Å². The van der Waals surface area contributed by atoms with Crippen molar-refractivity contribution in [3.63, 3.8) is 0 Å². The molecule has 1 heterocycles. The first-order valence-electron chi connectivity index (χ1n) is 9.89. The molecule has 0 fully saturated rings. The minimum absolute atomic E-state index is 0.0529. The summed E-state index contributed by atoms with van der Waals surface area (Å²) in [6.07, 6.45) is 0. The van der Waals surface area contributed by atoms with Crippen LogP contribution in [0.3, 0.4) is 0 Å². The van der Waals surface area contributed by atoms with E-state index in [2.05, 4.69) is 15.1 Å². The number of sulfonamides is 1. The standard InChI is InChI=1S/C22H25ClN4O3S/c1-5-27-20(13-19(25-27)14(2)3)22(28)24-16-11-10-15(4)21(12-16)31(29,30)26-18-9-7-6-8-17(18)23/h6-14,26H,5H2,1-4H3,(H,24,28). The highest BCUT2D eigenvalue weighted by Crippen LogP contribution is 2.27. The van der Waals surface area contributed by atoms with E-state index >= 15 is 0 Å². The van der Waals surface area contributed by atoms with E-state index in [-0.39, 0.29) is 22.4 Å². The summed E-state index contributed by atoms with van der Waals surface area (Å²) in [5.74, 6) is -0.168. The quantitative estimate of drug-likeness (QED) is 0.516. The number of anilines is 2. The zero-order valence-corrected chi connectivity index (χ0v) is 19.4. The summed E-state index contributed by atoms with van der Waals surface area (Å²) >= 11 is 6.09. The molecule has 0 radical (unpaired) electrons. The van der Waals surface area contributed by atoms with Crippen molar-refractivity contribution in [1.29, 1.82) is 0 Å². The van der Waals surface area contributed by atoms with Gasteiger partial charge in [-0.25, -0.2) is 8.42 Å². The molecule has 31 heavy (non-hydrogen) atoms. The summed E-state index contributed by atoms with van der Waals surface area (Å²) in [5.41, 5.74) is 2.43. The van der Waals surface area contributed by atoms with E-state index in [1.165, 1.54) is 6.07 Å². The maximum absolute atomic E-state index is 13.0. The number of rotatable bonds is 7. The third-order valence-electron chi connectivity index (χ3n) is 4.78. The first-order chi connectivity index (χ1) is 14.6. The maximum atomic E-state index is 13.0. The van der Waals surface area contributed by atoms with Crippen molar-refractivity contribution in [2.24, 2.45) is 0 Å². The molecule has 3 aromatic rings. The van der Waals surface area contributed by atoms with Gasteiger partial charge in [0.2, 0.25) is 0 Å². The molecule has 9 heteroatoms. The Balaban J connectivity index is 1.89. The van der Waals surface area contributed by atoms with Crippen molar-refractivity contribution in [3.8, 4) is 0 Å². The van der Waals surface area contributed by atoms with Gasteiger partial charge in [0.15, 0.2) is 0 Å². The van der Waals surface area contributed by atoms with Crippen LogP contribution in [-0.4, -0.2) is 24.1 Å². The molecule has 1 aromatic heterocycles. The van der Waals surface area contributed by atoms with Gasteiger partial charge in [0.25, 0.3) is 15.9 Å². The summed E-state index contributed by atoms with van der Waals surface area (Å²) in [4.78, 5) is 12.9. The molecule has 0 aliphatic heterocycles. The molecule has 0 unspecified atom stereocenters. The molecule has 1 amide bonds. The fourth-order valence-electron chi connectivity index (χ4n) is 3.05. The van der Waals surface area contributed by atoms with Gasteiger partial charge in [-0.1, -0.05) is 43.6 Å². The fourth-order valence-corrected chi connectivity index (χ4v) is 4.64. The molecule has 2 aromatic carbocycles. The SMILES string of the molecule is CCn1nc(C(C)C)cc1C(=O)Nc1ccc(C)c(S(=O)(=O)Nc2ccccc2Cl)c1. The van der Waals surface area contributed by atoms with Crippen molar-refractivity contribution in [1.82, 2.24) is 9.78 Å². The average Bonchev–Trinajstić information content (AvgIpc) is 3.16. The normalized spacial score (nSPS) is 11.5. The van der Waals surface area contributed by atoms with Gasteiger partial charge in [-0.3, -0.25) is 14.2 Å². The number of carbonyl (C=O) groups excluding carboxylic acids is 1. The summed E-state index contributed by atoms with van der Waals surface area (Å²) in [5, 5.41) is 7.53. The molecule has 0 saturated heterocycles. The number of carbonyl (C=O) groups is 1. The monoisotopic (exact) mass is 460 g/mol. The Labute approximate surface area is 187 Å². The molecule has 0 saturated carbocycles. The Hall–Kier alpha value is -2.84. The summed E-state index contributed by atoms with van der Waals surface area (Å²) in [6, 6.07) is 13.1. The maximum Gasteiger partial charge on any atom is 0.273 e. The molecular weight excluding hydrogens is 436 g/mol. The molecule has 3 rings (SSSR count). The lowest BCUT2D eigenvalue weighted by molar-refractivity contribution is 0.101. The number of aromatic nitrogens is 2. The second kappa shape index (κ2) is 9.11. The van der Waals surface area contributed by atoms with E-state index in [9.17, 15) is 13.2 Å². The van der Waals surface area contributed by atoms with Crippen LogP contribution < -0.4 is 10.0 Å². The third-order valence-corrected chi connectivity index (χ3v) is 6.61. The van der Waals surface area contributed by atoms with Crippen molar-refractivity contribution in [2.45, 2.75) is 45.1 Å². The highest BCUT2D eigenvalue weighted by Gasteiger charge is 2.21. The predicted octanol–water partition coefficient (Wildman–Crippen LogP) is 5.04. The molecule has 0 atom stereocenters. The molecule has 164 valence electrons. The van der Waals surface area contributed by atoms with Crippen LogP contribution in [0.2, 0.25) is 5.02 Å². The van der Waals surface area contributed by atoms with Gasteiger partial charge in [-0.05, 0) is 55.7 Å². The molecule has 0 aliphatic rings. The van der Waals surface area contributed by atoms with Crippen LogP contribution in [0, 0.1) is 6.92 Å². The Bertz CT molecular complexity index is 1220. The molecule has 2 N–H and O–H groups in total. The largest absolute Gasteiger partial charge is 0.321 e. The van der Waals surface area contributed by atoms with Gasteiger partial charge >= 0.3 is 0 Å². The second-order valence-corrected chi connectivity index (χ2v) is 9.50. The van der Waals surface area contributed by atoms with Gasteiger partial charge < -0.3 is 5.32 Å². The van der Waals surface area contributed by atoms with Crippen LogP contribution in [0.4, 0.5) is 11.4 Å². The Morgan fingerprint density at radius 1 is 1.16 bits per heavy atom. The second-order valence-electron chi connectivity index (χ2n) is 7.44. The number of halogens is 1. The Morgan fingerprint density at radius 3 is 2.52 bits per heavy atom. The number of para-hydroxylation sites is 1. The molecule has 0 spiro atoms. The van der Waals surface area contributed by atoms with Gasteiger partial charge in [-0.2, -0.15) is 5.10 Å². The number of nitrogens with zero attached hydrogens (tertiary/aromatic N) is 2. The lowest BCUT2D eigenvalue weighted by Gasteiger charge is -2.13. The molecule has 7 nitrogen and oxygen atoms in total. The number of hydrogen-bond acceptors (Lipinski definition) is 4. The van der Waals surface area contributed by atoms with Crippen molar-refractivity contribution in [3.05, 3.63) is 70.5 Å². The molecule has 0 aliphatic carbocycles. The zero-order chi connectivity index (χ0) is 22.8. The first-order valence-corrected chi connectivity index (χ1v) is 11.8. The lowest BCUT2D eigenvalue weighted by Crippen LogP contribution is -2.18.